The average molecular weight is 415 g/mol. The molecule has 0 aromatic heterocycles. The van der Waals surface area contributed by atoms with Gasteiger partial charge in [0.25, 0.3) is 0 Å². The zero-order chi connectivity index (χ0) is 20.6. The molecule has 7 nitrogen and oxygen atoms in total. The van der Waals surface area contributed by atoms with E-state index in [0.717, 1.165) is 27.2 Å². The predicted octanol–water partition coefficient (Wildman–Crippen LogP) is 2.51. The third kappa shape index (κ3) is 3.85. The predicted molar refractivity (Wildman–Crippen MR) is 106 cm³/mol. The molecule has 0 saturated carbocycles. The van der Waals surface area contributed by atoms with Crippen LogP contribution in [0.5, 0.6) is 0 Å². The van der Waals surface area contributed by atoms with Crippen molar-refractivity contribution in [2.24, 2.45) is 0 Å². The standard InChI is InChI=1S/C21H21NO6S/c23-20(24)11-22(14-9-10-29(26,27)13-14)21(25)28-12-19-17-7-3-1-5-15(17)16-6-2-4-8-18(16)19/h1-8,14,19H,9-13H2,(H,23,24)/t14-/m0/s1. The maximum absolute atomic E-state index is 12.7. The Morgan fingerprint density at radius 3 is 2.14 bits per heavy atom. The van der Waals surface area contributed by atoms with Gasteiger partial charge in [-0.3, -0.25) is 9.69 Å². The van der Waals surface area contributed by atoms with E-state index in [1.807, 2.05) is 48.5 Å². The van der Waals surface area contributed by atoms with Crippen molar-refractivity contribution >= 4 is 21.9 Å². The van der Waals surface area contributed by atoms with E-state index >= 15 is 0 Å². The lowest BCUT2D eigenvalue weighted by molar-refractivity contribution is -0.138. The molecule has 8 heteroatoms. The number of benzene rings is 2. The average Bonchev–Trinajstić information content (AvgIpc) is 3.21. The zero-order valence-electron chi connectivity index (χ0n) is 15.7. The van der Waals surface area contributed by atoms with E-state index < -0.39 is 34.5 Å². The minimum atomic E-state index is -3.26. The van der Waals surface area contributed by atoms with Gasteiger partial charge in [0.05, 0.1) is 17.5 Å². The normalized spacial score (nSPS) is 19.4. The first-order valence-electron chi connectivity index (χ1n) is 9.39. The smallest absolute Gasteiger partial charge is 0.410 e. The summed E-state index contributed by atoms with van der Waals surface area (Å²) in [5.41, 5.74) is 4.28. The number of rotatable bonds is 5. The number of hydrogen-bond donors (Lipinski definition) is 1. The van der Waals surface area contributed by atoms with Gasteiger partial charge in [0.15, 0.2) is 9.84 Å². The molecular weight excluding hydrogens is 394 g/mol. The molecular formula is C21H21NO6S. The fourth-order valence-electron chi connectivity index (χ4n) is 4.19. The highest BCUT2D eigenvalue weighted by molar-refractivity contribution is 7.91. The van der Waals surface area contributed by atoms with Crippen molar-refractivity contribution in [2.75, 3.05) is 24.7 Å². The molecule has 1 aliphatic heterocycles. The van der Waals surface area contributed by atoms with Crippen LogP contribution >= 0.6 is 0 Å². The fraction of sp³-hybridized carbons (Fsp3) is 0.333. The Balaban J connectivity index is 1.53. The number of carboxylic acids is 1. The summed E-state index contributed by atoms with van der Waals surface area (Å²) in [6, 6.07) is 15.1. The lowest BCUT2D eigenvalue weighted by Crippen LogP contribution is -2.44. The molecule has 1 amide bonds. The largest absolute Gasteiger partial charge is 0.480 e. The van der Waals surface area contributed by atoms with Crippen LogP contribution in [-0.4, -0.2) is 61.2 Å². The summed E-state index contributed by atoms with van der Waals surface area (Å²) in [7, 11) is -3.26. The third-order valence-electron chi connectivity index (χ3n) is 5.53. The number of sulfone groups is 1. The van der Waals surface area contributed by atoms with Crippen LogP contribution in [0.2, 0.25) is 0 Å². The summed E-state index contributed by atoms with van der Waals surface area (Å²) >= 11 is 0. The van der Waals surface area contributed by atoms with Gasteiger partial charge in [0, 0.05) is 5.92 Å². The van der Waals surface area contributed by atoms with E-state index in [-0.39, 0.29) is 30.5 Å². The van der Waals surface area contributed by atoms with Gasteiger partial charge in [-0.15, -0.1) is 0 Å². The van der Waals surface area contributed by atoms with Crippen molar-refractivity contribution in [3.8, 4) is 11.1 Å². The summed E-state index contributed by atoms with van der Waals surface area (Å²) < 4.78 is 29.1. The number of ether oxygens (including phenoxy) is 1. The summed E-state index contributed by atoms with van der Waals surface area (Å²) in [6.45, 7) is -0.528. The van der Waals surface area contributed by atoms with Crippen LogP contribution in [0.25, 0.3) is 11.1 Å². The highest BCUT2D eigenvalue weighted by atomic mass is 32.2. The molecule has 2 aliphatic rings. The van der Waals surface area contributed by atoms with Crippen LogP contribution in [0, 0.1) is 0 Å². The van der Waals surface area contributed by atoms with E-state index in [1.54, 1.807) is 0 Å². The molecule has 2 aromatic rings. The van der Waals surface area contributed by atoms with Gasteiger partial charge in [-0.25, -0.2) is 13.2 Å². The topological polar surface area (TPSA) is 101 Å². The number of hydrogen-bond acceptors (Lipinski definition) is 5. The molecule has 1 heterocycles. The van der Waals surface area contributed by atoms with Gasteiger partial charge in [-0.2, -0.15) is 0 Å². The summed E-state index contributed by atoms with van der Waals surface area (Å²) in [6.07, 6.45) is -0.573. The molecule has 1 saturated heterocycles. The number of fused-ring (bicyclic) bond motifs is 3. The van der Waals surface area contributed by atoms with Gasteiger partial charge >= 0.3 is 12.1 Å². The second kappa shape index (κ2) is 7.51. The lowest BCUT2D eigenvalue weighted by Gasteiger charge is -2.26. The summed E-state index contributed by atoms with van der Waals surface area (Å²) in [4.78, 5) is 25.0. The van der Waals surface area contributed by atoms with Crippen LogP contribution < -0.4 is 0 Å². The molecule has 1 fully saturated rings. The maximum atomic E-state index is 12.7. The van der Waals surface area contributed by atoms with Crippen molar-refractivity contribution in [1.82, 2.24) is 4.90 Å². The second-order valence-electron chi connectivity index (χ2n) is 7.38. The number of aliphatic carboxylic acids is 1. The number of amides is 1. The van der Waals surface area contributed by atoms with E-state index in [4.69, 9.17) is 9.84 Å². The fourth-order valence-corrected chi connectivity index (χ4v) is 5.92. The first-order chi connectivity index (χ1) is 13.9. The Morgan fingerprint density at radius 2 is 1.62 bits per heavy atom. The second-order valence-corrected chi connectivity index (χ2v) is 9.61. The molecule has 1 atom stereocenters. The monoisotopic (exact) mass is 415 g/mol. The Labute approximate surface area is 168 Å². The molecule has 0 bridgehead atoms. The SMILES string of the molecule is O=C(O)CN(C(=O)OCC1c2ccccc2-c2ccccc21)[C@H]1CCS(=O)(=O)C1. The minimum absolute atomic E-state index is 0.0511. The zero-order valence-corrected chi connectivity index (χ0v) is 16.5. The number of carbonyl (C=O) groups excluding carboxylic acids is 1. The van der Waals surface area contributed by atoms with Crippen molar-refractivity contribution in [1.29, 1.82) is 0 Å². The minimum Gasteiger partial charge on any atom is -0.480 e. The van der Waals surface area contributed by atoms with Gasteiger partial charge in [0.2, 0.25) is 0 Å². The molecule has 2 aromatic carbocycles. The van der Waals surface area contributed by atoms with Gasteiger partial charge in [-0.05, 0) is 28.7 Å². The van der Waals surface area contributed by atoms with E-state index in [2.05, 4.69) is 0 Å². The molecule has 4 rings (SSSR count). The molecule has 0 spiro atoms. The first kappa shape index (κ1) is 19.4. The van der Waals surface area contributed by atoms with Gasteiger partial charge < -0.3 is 9.84 Å². The van der Waals surface area contributed by atoms with E-state index in [0.29, 0.717) is 0 Å². The van der Waals surface area contributed by atoms with Crippen molar-refractivity contribution < 1.29 is 27.9 Å². The van der Waals surface area contributed by atoms with Gasteiger partial charge in [-0.1, -0.05) is 48.5 Å². The van der Waals surface area contributed by atoms with Crippen molar-refractivity contribution in [3.63, 3.8) is 0 Å². The Bertz CT molecular complexity index is 1020. The highest BCUT2D eigenvalue weighted by Gasteiger charge is 2.37. The maximum Gasteiger partial charge on any atom is 0.410 e. The van der Waals surface area contributed by atoms with E-state index in [9.17, 15) is 18.0 Å². The Hall–Kier alpha value is -2.87. The van der Waals surface area contributed by atoms with Crippen LogP contribution in [-0.2, 0) is 19.4 Å². The lowest BCUT2D eigenvalue weighted by atomic mass is 9.98. The Kier molecular flexibility index (Phi) is 5.04. The number of carbonyl (C=O) groups is 2. The number of nitrogens with zero attached hydrogens (tertiary/aromatic N) is 1. The molecule has 29 heavy (non-hydrogen) atoms. The molecule has 0 radical (unpaired) electrons. The van der Waals surface area contributed by atoms with Gasteiger partial charge in [0.1, 0.15) is 13.2 Å². The van der Waals surface area contributed by atoms with Crippen LogP contribution in [0.3, 0.4) is 0 Å². The van der Waals surface area contributed by atoms with Crippen molar-refractivity contribution in [2.45, 2.75) is 18.4 Å². The quantitative estimate of drug-likeness (QED) is 0.805. The van der Waals surface area contributed by atoms with E-state index in [1.165, 1.54) is 0 Å². The van der Waals surface area contributed by atoms with Crippen LogP contribution in [0.15, 0.2) is 48.5 Å². The van der Waals surface area contributed by atoms with Crippen LogP contribution in [0.4, 0.5) is 4.79 Å². The molecule has 1 N–H and O–H groups in total. The highest BCUT2D eigenvalue weighted by Crippen LogP contribution is 2.44. The first-order valence-corrected chi connectivity index (χ1v) is 11.2. The Morgan fingerprint density at radius 1 is 1.03 bits per heavy atom. The molecule has 152 valence electrons. The van der Waals surface area contributed by atoms with Crippen LogP contribution in [0.1, 0.15) is 23.5 Å². The molecule has 0 unspecified atom stereocenters. The number of carboxylic acid groups (broad SMARTS) is 1. The molecule has 1 aliphatic carbocycles. The van der Waals surface area contributed by atoms with Crippen molar-refractivity contribution in [3.05, 3.63) is 59.7 Å². The third-order valence-corrected chi connectivity index (χ3v) is 7.28. The summed E-state index contributed by atoms with van der Waals surface area (Å²) in [5, 5.41) is 9.16. The summed E-state index contributed by atoms with van der Waals surface area (Å²) in [5.74, 6) is -1.64.